The Labute approximate surface area is 184 Å². The van der Waals surface area contributed by atoms with Gasteiger partial charge in [0.25, 0.3) is 0 Å². The van der Waals surface area contributed by atoms with E-state index < -0.39 is 0 Å². The number of nitrogens with zero attached hydrogens (tertiary/aromatic N) is 3. The van der Waals surface area contributed by atoms with Gasteiger partial charge in [0.1, 0.15) is 0 Å². The molecule has 0 saturated carbocycles. The number of halogens is 2. The molecule has 0 atom stereocenters. The summed E-state index contributed by atoms with van der Waals surface area (Å²) in [4.78, 5) is 12.4. The summed E-state index contributed by atoms with van der Waals surface area (Å²) < 4.78 is 1.87. The first-order valence-electron chi connectivity index (χ1n) is 8.88. The zero-order valence-corrected chi connectivity index (χ0v) is 18.4. The summed E-state index contributed by atoms with van der Waals surface area (Å²) in [6.07, 6.45) is 1.75. The minimum absolute atomic E-state index is 0.110. The normalized spacial score (nSPS) is 10.8. The van der Waals surface area contributed by atoms with Crippen LogP contribution in [0.2, 0.25) is 10.0 Å². The predicted molar refractivity (Wildman–Crippen MR) is 121 cm³/mol. The highest BCUT2D eigenvalue weighted by molar-refractivity contribution is 7.99. The van der Waals surface area contributed by atoms with Crippen molar-refractivity contribution in [3.8, 4) is 11.4 Å². The van der Waals surface area contributed by atoms with Crippen molar-refractivity contribution in [3.05, 3.63) is 70.2 Å². The zero-order chi connectivity index (χ0) is 21.0. The van der Waals surface area contributed by atoms with E-state index in [2.05, 4.69) is 22.1 Å². The van der Waals surface area contributed by atoms with Crippen molar-refractivity contribution in [3.63, 3.8) is 0 Å². The Hall–Kier alpha value is -2.28. The van der Waals surface area contributed by atoms with Crippen molar-refractivity contribution in [1.29, 1.82) is 0 Å². The first-order valence-corrected chi connectivity index (χ1v) is 10.6. The molecule has 0 aliphatic heterocycles. The van der Waals surface area contributed by atoms with E-state index >= 15 is 0 Å². The van der Waals surface area contributed by atoms with Crippen LogP contribution in [0.3, 0.4) is 0 Å². The van der Waals surface area contributed by atoms with Gasteiger partial charge >= 0.3 is 0 Å². The quantitative estimate of drug-likeness (QED) is 0.368. The molecule has 1 amide bonds. The number of aryl methyl sites for hydroxylation is 2. The number of aromatic nitrogens is 3. The molecule has 1 aromatic heterocycles. The van der Waals surface area contributed by atoms with Crippen LogP contribution in [0.4, 0.5) is 5.69 Å². The van der Waals surface area contributed by atoms with E-state index in [4.69, 9.17) is 23.2 Å². The number of hydrogen-bond acceptors (Lipinski definition) is 4. The first-order chi connectivity index (χ1) is 13.9. The number of hydrogen-bond donors (Lipinski definition) is 1. The van der Waals surface area contributed by atoms with E-state index in [0.29, 0.717) is 27.6 Å². The van der Waals surface area contributed by atoms with Gasteiger partial charge in [0.05, 0.1) is 10.8 Å². The Kier molecular flexibility index (Phi) is 7.00. The number of allylic oxidation sites excluding steroid dienone is 1. The summed E-state index contributed by atoms with van der Waals surface area (Å²) in [5.41, 5.74) is 3.71. The molecular formula is C21H20Cl2N4OS. The highest BCUT2D eigenvalue weighted by Gasteiger charge is 2.17. The van der Waals surface area contributed by atoms with Crippen LogP contribution in [0, 0.1) is 13.8 Å². The smallest absolute Gasteiger partial charge is 0.234 e. The number of rotatable bonds is 7. The standard InChI is InChI=1S/C21H20Cl2N4OS/c1-4-9-27-20(16-7-6-15(22)11-17(16)23)25-26-21(27)29-12-19(28)24-18-8-5-13(2)10-14(18)3/h4-8,10-11H,1,9,12H2,2-3H3,(H,24,28). The minimum Gasteiger partial charge on any atom is -0.325 e. The van der Waals surface area contributed by atoms with Gasteiger partial charge in [-0.05, 0) is 43.7 Å². The Bertz CT molecular complexity index is 1060. The molecule has 1 heterocycles. The fourth-order valence-electron chi connectivity index (χ4n) is 2.83. The third-order valence-electron chi connectivity index (χ3n) is 4.19. The molecule has 0 saturated heterocycles. The van der Waals surface area contributed by atoms with Gasteiger partial charge in [-0.2, -0.15) is 0 Å². The lowest BCUT2D eigenvalue weighted by Gasteiger charge is -2.10. The summed E-state index contributed by atoms with van der Waals surface area (Å²) in [5.74, 6) is 0.696. The Morgan fingerprint density at radius 2 is 2.00 bits per heavy atom. The Balaban J connectivity index is 1.76. The van der Waals surface area contributed by atoms with E-state index in [0.717, 1.165) is 22.4 Å². The van der Waals surface area contributed by atoms with E-state index in [9.17, 15) is 4.79 Å². The molecule has 150 valence electrons. The van der Waals surface area contributed by atoms with Gasteiger partial charge < -0.3 is 5.32 Å². The molecule has 0 aliphatic carbocycles. The van der Waals surface area contributed by atoms with Crippen LogP contribution in [-0.2, 0) is 11.3 Å². The van der Waals surface area contributed by atoms with E-state index in [-0.39, 0.29) is 11.7 Å². The number of anilines is 1. The van der Waals surface area contributed by atoms with Crippen LogP contribution in [0.5, 0.6) is 0 Å². The summed E-state index contributed by atoms with van der Waals surface area (Å²) >= 11 is 13.6. The number of thioether (sulfide) groups is 1. The second kappa shape index (κ2) is 9.48. The number of benzene rings is 2. The lowest BCUT2D eigenvalue weighted by Crippen LogP contribution is -2.15. The third-order valence-corrected chi connectivity index (χ3v) is 5.70. The number of carbonyl (C=O) groups is 1. The first kappa shape index (κ1) is 21.4. The van der Waals surface area contributed by atoms with E-state index in [1.54, 1.807) is 24.3 Å². The highest BCUT2D eigenvalue weighted by Crippen LogP contribution is 2.31. The van der Waals surface area contributed by atoms with Gasteiger partial charge in [0, 0.05) is 22.8 Å². The van der Waals surface area contributed by atoms with Crippen LogP contribution >= 0.6 is 35.0 Å². The van der Waals surface area contributed by atoms with Gasteiger partial charge in [-0.3, -0.25) is 9.36 Å². The second-order valence-electron chi connectivity index (χ2n) is 6.48. The molecule has 0 bridgehead atoms. The molecule has 0 radical (unpaired) electrons. The average molecular weight is 447 g/mol. The van der Waals surface area contributed by atoms with Crippen molar-refractivity contribution in [2.45, 2.75) is 25.5 Å². The zero-order valence-electron chi connectivity index (χ0n) is 16.1. The molecule has 5 nitrogen and oxygen atoms in total. The largest absolute Gasteiger partial charge is 0.325 e. The van der Waals surface area contributed by atoms with Gasteiger partial charge in [0.2, 0.25) is 5.91 Å². The number of carbonyl (C=O) groups excluding carboxylic acids is 1. The van der Waals surface area contributed by atoms with Crippen LogP contribution in [0.25, 0.3) is 11.4 Å². The van der Waals surface area contributed by atoms with Crippen molar-refractivity contribution in [2.75, 3.05) is 11.1 Å². The lowest BCUT2D eigenvalue weighted by molar-refractivity contribution is -0.113. The van der Waals surface area contributed by atoms with E-state index in [1.165, 1.54) is 11.8 Å². The van der Waals surface area contributed by atoms with Crippen LogP contribution in [-0.4, -0.2) is 26.4 Å². The maximum absolute atomic E-state index is 12.4. The summed E-state index contributed by atoms with van der Waals surface area (Å²) in [6, 6.07) is 11.1. The van der Waals surface area contributed by atoms with Crippen molar-refractivity contribution < 1.29 is 4.79 Å². The Morgan fingerprint density at radius 1 is 1.21 bits per heavy atom. The molecule has 0 spiro atoms. The molecule has 2 aromatic carbocycles. The fraction of sp³-hybridized carbons (Fsp3) is 0.190. The van der Waals surface area contributed by atoms with Crippen molar-refractivity contribution in [1.82, 2.24) is 14.8 Å². The molecule has 1 N–H and O–H groups in total. The van der Waals surface area contributed by atoms with Crippen LogP contribution in [0.1, 0.15) is 11.1 Å². The van der Waals surface area contributed by atoms with Crippen LogP contribution < -0.4 is 5.32 Å². The molecule has 8 heteroatoms. The lowest BCUT2D eigenvalue weighted by atomic mass is 10.1. The van der Waals surface area contributed by atoms with Crippen LogP contribution in [0.15, 0.2) is 54.2 Å². The topological polar surface area (TPSA) is 59.8 Å². The minimum atomic E-state index is -0.110. The van der Waals surface area contributed by atoms with Crippen molar-refractivity contribution in [2.24, 2.45) is 0 Å². The third kappa shape index (κ3) is 5.21. The molecule has 0 unspecified atom stereocenters. The molecular weight excluding hydrogens is 427 g/mol. The summed E-state index contributed by atoms with van der Waals surface area (Å²) in [7, 11) is 0. The van der Waals surface area contributed by atoms with Gasteiger partial charge in [-0.15, -0.1) is 16.8 Å². The average Bonchev–Trinajstić information content (AvgIpc) is 3.05. The monoisotopic (exact) mass is 446 g/mol. The number of nitrogens with one attached hydrogen (secondary N) is 1. The highest BCUT2D eigenvalue weighted by atomic mass is 35.5. The molecule has 0 fully saturated rings. The van der Waals surface area contributed by atoms with Crippen molar-refractivity contribution >= 4 is 46.6 Å². The van der Waals surface area contributed by atoms with Gasteiger partial charge in [-0.25, -0.2) is 0 Å². The molecule has 3 aromatic rings. The predicted octanol–water partition coefficient (Wildman–Crippen LogP) is 5.79. The Morgan fingerprint density at radius 3 is 2.69 bits per heavy atom. The number of amides is 1. The van der Waals surface area contributed by atoms with Gasteiger partial charge in [-0.1, -0.05) is 58.7 Å². The molecule has 3 rings (SSSR count). The fourth-order valence-corrected chi connectivity index (χ4v) is 4.07. The summed E-state index contributed by atoms with van der Waals surface area (Å²) in [5, 5.41) is 13.1. The summed E-state index contributed by atoms with van der Waals surface area (Å²) in [6.45, 7) is 8.28. The molecule has 29 heavy (non-hydrogen) atoms. The molecule has 0 aliphatic rings. The van der Waals surface area contributed by atoms with E-state index in [1.807, 2.05) is 36.6 Å². The maximum Gasteiger partial charge on any atom is 0.234 e. The second-order valence-corrected chi connectivity index (χ2v) is 8.27. The van der Waals surface area contributed by atoms with Gasteiger partial charge in [0.15, 0.2) is 11.0 Å². The SMILES string of the molecule is C=CCn1c(SCC(=O)Nc2ccc(C)cc2C)nnc1-c1ccc(Cl)cc1Cl. The maximum atomic E-state index is 12.4.